The molecule has 0 fully saturated rings. The van der Waals surface area contributed by atoms with Gasteiger partial charge in [-0.2, -0.15) is 0 Å². The number of nitrogens with two attached hydrogens (primary N) is 1. The predicted octanol–water partition coefficient (Wildman–Crippen LogP) is 1.80. The molecule has 0 aliphatic rings. The maximum Gasteiger partial charge on any atom is 0.240 e. The number of aromatic nitrogens is 1. The Bertz CT molecular complexity index is 398. The van der Waals surface area contributed by atoms with Crippen molar-refractivity contribution in [3.63, 3.8) is 0 Å². The Morgan fingerprint density at radius 3 is 2.69 bits per heavy atom. The first-order valence-corrected chi connectivity index (χ1v) is 5.16. The zero-order chi connectivity index (χ0) is 12.3. The van der Waals surface area contributed by atoms with E-state index < -0.39 is 17.8 Å². The highest BCUT2D eigenvalue weighted by Crippen LogP contribution is 2.17. The second-order valence-corrected chi connectivity index (χ2v) is 4.19. The topological polar surface area (TPSA) is 68.0 Å². The lowest BCUT2D eigenvalue weighted by molar-refractivity contribution is -0.119. The van der Waals surface area contributed by atoms with Gasteiger partial charge in [-0.25, -0.2) is 9.37 Å². The summed E-state index contributed by atoms with van der Waals surface area (Å²) in [6.45, 7) is 3.60. The van der Waals surface area contributed by atoms with Crippen molar-refractivity contribution in [2.45, 2.75) is 19.9 Å². The quantitative estimate of drug-likeness (QED) is 0.850. The Morgan fingerprint density at radius 1 is 1.62 bits per heavy atom. The van der Waals surface area contributed by atoms with E-state index in [0.717, 1.165) is 6.07 Å². The van der Waals surface area contributed by atoms with Crippen LogP contribution in [0.2, 0.25) is 5.02 Å². The van der Waals surface area contributed by atoms with Crippen molar-refractivity contribution in [3.05, 3.63) is 23.1 Å². The molecule has 0 aliphatic heterocycles. The third-order valence-corrected chi connectivity index (χ3v) is 2.28. The number of nitrogens with one attached hydrogen (secondary N) is 1. The van der Waals surface area contributed by atoms with E-state index in [0.29, 0.717) is 0 Å². The largest absolute Gasteiger partial charge is 0.368 e. The molecular formula is C10H13ClFN3O. The summed E-state index contributed by atoms with van der Waals surface area (Å²) in [4.78, 5) is 14.9. The molecule has 1 aromatic heterocycles. The minimum absolute atomic E-state index is 0.0260. The summed E-state index contributed by atoms with van der Waals surface area (Å²) in [6, 6.07) is 0.457. The summed E-state index contributed by atoms with van der Waals surface area (Å²) in [5.74, 6) is -1.25. The van der Waals surface area contributed by atoms with Gasteiger partial charge in [-0.1, -0.05) is 25.4 Å². The summed E-state index contributed by atoms with van der Waals surface area (Å²) in [5.41, 5.74) is 5.19. The van der Waals surface area contributed by atoms with E-state index in [-0.39, 0.29) is 16.8 Å². The van der Waals surface area contributed by atoms with Crippen molar-refractivity contribution in [2.75, 3.05) is 5.32 Å². The molecule has 1 rings (SSSR count). The van der Waals surface area contributed by atoms with Gasteiger partial charge >= 0.3 is 0 Å². The maximum absolute atomic E-state index is 13.4. The molecule has 0 saturated heterocycles. The SMILES string of the molecule is CC(C)C(Nc1ncc(Cl)cc1F)C(N)=O. The number of carbonyl (C=O) groups excluding carboxylic acids is 1. The van der Waals surface area contributed by atoms with E-state index >= 15 is 0 Å². The summed E-state index contributed by atoms with van der Waals surface area (Å²) in [6.07, 6.45) is 1.30. The third-order valence-electron chi connectivity index (χ3n) is 2.07. The second-order valence-electron chi connectivity index (χ2n) is 3.75. The molecule has 3 N–H and O–H groups in total. The molecule has 1 atom stereocenters. The fraction of sp³-hybridized carbons (Fsp3) is 0.400. The molecule has 0 bridgehead atoms. The number of anilines is 1. The third kappa shape index (κ3) is 3.06. The Labute approximate surface area is 98.0 Å². The van der Waals surface area contributed by atoms with Crippen LogP contribution in [0.25, 0.3) is 0 Å². The Balaban J connectivity index is 2.90. The smallest absolute Gasteiger partial charge is 0.240 e. The molecule has 0 aliphatic carbocycles. The molecule has 0 saturated carbocycles. The lowest BCUT2D eigenvalue weighted by atomic mass is 10.0. The van der Waals surface area contributed by atoms with Crippen LogP contribution in [0.3, 0.4) is 0 Å². The number of pyridine rings is 1. The molecule has 4 nitrogen and oxygen atoms in total. The lowest BCUT2D eigenvalue weighted by Gasteiger charge is -2.19. The average Bonchev–Trinajstić information content (AvgIpc) is 2.15. The monoisotopic (exact) mass is 245 g/mol. The molecule has 16 heavy (non-hydrogen) atoms. The van der Waals surface area contributed by atoms with Crippen LogP contribution in [0.5, 0.6) is 0 Å². The van der Waals surface area contributed by atoms with Crippen LogP contribution in [-0.4, -0.2) is 16.9 Å². The number of nitrogens with zero attached hydrogens (tertiary/aromatic N) is 1. The number of hydrogen-bond donors (Lipinski definition) is 2. The van der Waals surface area contributed by atoms with Gasteiger partial charge in [0.1, 0.15) is 6.04 Å². The molecule has 0 spiro atoms. The fourth-order valence-corrected chi connectivity index (χ4v) is 1.38. The van der Waals surface area contributed by atoms with Gasteiger partial charge in [-0.05, 0) is 12.0 Å². The number of hydrogen-bond acceptors (Lipinski definition) is 3. The highest BCUT2D eigenvalue weighted by Gasteiger charge is 2.21. The molecule has 1 unspecified atom stereocenters. The van der Waals surface area contributed by atoms with E-state index in [9.17, 15) is 9.18 Å². The van der Waals surface area contributed by atoms with E-state index in [1.165, 1.54) is 6.20 Å². The van der Waals surface area contributed by atoms with Crippen molar-refractivity contribution < 1.29 is 9.18 Å². The van der Waals surface area contributed by atoms with Crippen LogP contribution in [0.4, 0.5) is 10.2 Å². The number of primary amides is 1. The van der Waals surface area contributed by atoms with Crippen LogP contribution in [-0.2, 0) is 4.79 Å². The van der Waals surface area contributed by atoms with Crippen molar-refractivity contribution in [1.29, 1.82) is 0 Å². The Morgan fingerprint density at radius 2 is 2.25 bits per heavy atom. The number of rotatable bonds is 4. The standard InChI is InChI=1S/C10H13ClFN3O/c1-5(2)8(9(13)16)15-10-7(12)3-6(11)4-14-10/h3-5,8H,1-2H3,(H2,13,16)(H,14,15). The molecular weight excluding hydrogens is 233 g/mol. The minimum Gasteiger partial charge on any atom is -0.368 e. The second kappa shape index (κ2) is 5.12. The van der Waals surface area contributed by atoms with Crippen molar-refractivity contribution in [3.8, 4) is 0 Å². The molecule has 0 radical (unpaired) electrons. The highest BCUT2D eigenvalue weighted by atomic mass is 35.5. The number of amides is 1. The highest BCUT2D eigenvalue weighted by molar-refractivity contribution is 6.30. The van der Waals surface area contributed by atoms with E-state index in [1.807, 2.05) is 0 Å². The van der Waals surface area contributed by atoms with Crippen LogP contribution in [0, 0.1) is 11.7 Å². The first-order valence-electron chi connectivity index (χ1n) is 4.78. The van der Waals surface area contributed by atoms with Gasteiger partial charge in [0, 0.05) is 6.20 Å². The lowest BCUT2D eigenvalue weighted by Crippen LogP contribution is -2.40. The van der Waals surface area contributed by atoms with Gasteiger partial charge in [-0.3, -0.25) is 4.79 Å². The van der Waals surface area contributed by atoms with E-state index in [2.05, 4.69) is 10.3 Å². The average molecular weight is 246 g/mol. The molecule has 88 valence electrons. The zero-order valence-corrected chi connectivity index (χ0v) is 9.75. The first kappa shape index (κ1) is 12.7. The minimum atomic E-state index is -0.664. The predicted molar refractivity (Wildman–Crippen MR) is 60.6 cm³/mol. The number of halogens is 2. The normalized spacial score (nSPS) is 12.6. The summed E-state index contributed by atoms with van der Waals surface area (Å²) < 4.78 is 13.4. The van der Waals surface area contributed by atoms with Crippen molar-refractivity contribution >= 4 is 23.3 Å². The van der Waals surface area contributed by atoms with Gasteiger partial charge in [0.25, 0.3) is 0 Å². The number of carbonyl (C=O) groups is 1. The van der Waals surface area contributed by atoms with Crippen molar-refractivity contribution in [2.24, 2.45) is 11.7 Å². The molecule has 6 heteroatoms. The van der Waals surface area contributed by atoms with Gasteiger partial charge in [0.2, 0.25) is 5.91 Å². The van der Waals surface area contributed by atoms with Gasteiger partial charge in [0.15, 0.2) is 11.6 Å². The fourth-order valence-electron chi connectivity index (χ4n) is 1.23. The molecule has 0 aromatic carbocycles. The first-order chi connectivity index (χ1) is 7.41. The van der Waals surface area contributed by atoms with Crippen molar-refractivity contribution in [1.82, 2.24) is 4.98 Å². The van der Waals surface area contributed by atoms with Crippen LogP contribution >= 0.6 is 11.6 Å². The van der Waals surface area contributed by atoms with Gasteiger partial charge in [-0.15, -0.1) is 0 Å². The van der Waals surface area contributed by atoms with E-state index in [4.69, 9.17) is 17.3 Å². The summed E-state index contributed by atoms with van der Waals surface area (Å²) >= 11 is 5.56. The van der Waals surface area contributed by atoms with Crippen LogP contribution in [0.1, 0.15) is 13.8 Å². The zero-order valence-electron chi connectivity index (χ0n) is 9.00. The van der Waals surface area contributed by atoms with Crippen LogP contribution in [0.15, 0.2) is 12.3 Å². The molecule has 1 heterocycles. The summed E-state index contributed by atoms with van der Waals surface area (Å²) in [5, 5.41) is 2.85. The van der Waals surface area contributed by atoms with Crippen LogP contribution < -0.4 is 11.1 Å². The molecule has 1 aromatic rings. The van der Waals surface area contributed by atoms with E-state index in [1.54, 1.807) is 13.8 Å². The Hall–Kier alpha value is -1.36. The Kier molecular flexibility index (Phi) is 4.06. The van der Waals surface area contributed by atoms with Gasteiger partial charge < -0.3 is 11.1 Å². The maximum atomic E-state index is 13.4. The summed E-state index contributed by atoms with van der Waals surface area (Å²) in [7, 11) is 0. The molecule has 1 amide bonds. The van der Waals surface area contributed by atoms with Gasteiger partial charge in [0.05, 0.1) is 5.02 Å².